The van der Waals surface area contributed by atoms with E-state index in [1.807, 2.05) is 45.2 Å². The lowest BCUT2D eigenvalue weighted by Crippen LogP contribution is -2.60. The molecule has 0 aliphatic carbocycles. The summed E-state index contributed by atoms with van der Waals surface area (Å²) in [4.78, 5) is 62.2. The van der Waals surface area contributed by atoms with Gasteiger partial charge >= 0.3 is 18.0 Å². The predicted octanol–water partition coefficient (Wildman–Crippen LogP) is 7.79. The number of nitrogens with zero attached hydrogens (tertiary/aromatic N) is 5. The third kappa shape index (κ3) is 12.7. The lowest BCUT2D eigenvalue weighted by Gasteiger charge is -2.44. The molecule has 3 aliphatic rings. The van der Waals surface area contributed by atoms with Gasteiger partial charge in [-0.3, -0.25) is 29.3 Å². The zero-order valence-corrected chi connectivity index (χ0v) is 42.9. The van der Waals surface area contributed by atoms with Gasteiger partial charge in [-0.1, -0.05) is 32.0 Å². The van der Waals surface area contributed by atoms with Crippen LogP contribution in [0.25, 0.3) is 33.3 Å². The fraction of sp³-hybridized carbons (Fsp3) is 0.566. The van der Waals surface area contributed by atoms with Crippen LogP contribution in [-0.2, 0) is 57.5 Å². The van der Waals surface area contributed by atoms with Gasteiger partial charge in [0.2, 0.25) is 0 Å². The SMILES string of the molecule is CCn1c(-c2cc(N3CCN4CCOC[C@@H]4C3)cnc2[C@H](C)OC)c(CC(C)(C)COC(C)=O)c2cc(-c3cc(C[C@H](NC(=O)OC(C)(C)C)C(=O)N4CCC[C@@H](C(=O)OC)N4)cc(C(F)F)c3)ccc21. The fourth-order valence-corrected chi connectivity index (χ4v) is 9.95. The molecular formula is C53H71F2N7O9. The Morgan fingerprint density at radius 2 is 1.76 bits per heavy atom. The van der Waals surface area contributed by atoms with Crippen molar-refractivity contribution in [2.24, 2.45) is 5.41 Å². The minimum Gasteiger partial charge on any atom is -0.468 e. The first-order valence-electron chi connectivity index (χ1n) is 24.6. The number of pyridine rings is 1. The van der Waals surface area contributed by atoms with Gasteiger partial charge in [-0.2, -0.15) is 0 Å². The summed E-state index contributed by atoms with van der Waals surface area (Å²) >= 11 is 0. The molecule has 2 aromatic heterocycles. The minimum atomic E-state index is -2.87. The molecule has 18 heteroatoms. The lowest BCUT2D eigenvalue weighted by atomic mass is 9.84. The first-order valence-corrected chi connectivity index (χ1v) is 24.6. The summed E-state index contributed by atoms with van der Waals surface area (Å²) in [6.07, 6.45) is -0.968. The molecule has 3 aliphatic heterocycles. The van der Waals surface area contributed by atoms with E-state index in [1.165, 1.54) is 31.2 Å². The maximum absolute atomic E-state index is 15.0. The Kier molecular flexibility index (Phi) is 16.7. The number of alkyl carbamates (subject to hydrolysis) is 1. The Balaban J connectivity index is 1.35. The molecule has 4 aromatic rings. The zero-order valence-electron chi connectivity index (χ0n) is 42.9. The first-order chi connectivity index (χ1) is 33.7. The van der Waals surface area contributed by atoms with Gasteiger partial charge in [-0.15, -0.1) is 0 Å². The fourth-order valence-electron chi connectivity index (χ4n) is 9.95. The Bertz CT molecular complexity index is 2580. The first kappa shape index (κ1) is 53.1. The monoisotopic (exact) mass is 988 g/mol. The number of carbonyl (C=O) groups excluding carboxylic acids is 4. The molecule has 2 N–H and O–H groups in total. The summed E-state index contributed by atoms with van der Waals surface area (Å²) in [5.74, 6) is -1.50. The van der Waals surface area contributed by atoms with Crippen molar-refractivity contribution in [3.63, 3.8) is 0 Å². The molecule has 5 heterocycles. The number of anilines is 1. The number of morpholine rings is 1. The van der Waals surface area contributed by atoms with Crippen LogP contribution in [0.4, 0.5) is 19.3 Å². The van der Waals surface area contributed by atoms with Crippen molar-refractivity contribution < 1.29 is 51.6 Å². The van der Waals surface area contributed by atoms with Crippen LogP contribution in [0, 0.1) is 5.41 Å². The number of carbonyl (C=O) groups is 4. The number of fused-ring (bicyclic) bond motifs is 2. The molecule has 4 atom stereocenters. The van der Waals surface area contributed by atoms with Crippen molar-refractivity contribution in [2.75, 3.05) is 71.7 Å². The highest BCUT2D eigenvalue weighted by atomic mass is 19.3. The maximum Gasteiger partial charge on any atom is 0.408 e. The molecule has 2 aromatic carbocycles. The molecule has 16 nitrogen and oxygen atoms in total. The van der Waals surface area contributed by atoms with E-state index in [4.69, 9.17) is 28.7 Å². The van der Waals surface area contributed by atoms with E-state index in [2.05, 4.69) is 38.1 Å². The topological polar surface area (TPSA) is 166 Å². The van der Waals surface area contributed by atoms with E-state index >= 15 is 0 Å². The number of esters is 2. The van der Waals surface area contributed by atoms with Gasteiger partial charge in [0.25, 0.3) is 12.3 Å². The molecule has 0 spiro atoms. The molecule has 7 rings (SSSR count). The Labute approximate surface area is 415 Å². The van der Waals surface area contributed by atoms with E-state index in [-0.39, 0.29) is 43.3 Å². The van der Waals surface area contributed by atoms with Crippen molar-refractivity contribution in [2.45, 2.75) is 124 Å². The minimum absolute atomic E-state index is 0.154. The van der Waals surface area contributed by atoms with Gasteiger partial charge < -0.3 is 38.5 Å². The number of aromatic nitrogens is 2. The van der Waals surface area contributed by atoms with Gasteiger partial charge in [-0.25, -0.2) is 19.0 Å². The number of rotatable bonds is 16. The van der Waals surface area contributed by atoms with Crippen LogP contribution in [0.1, 0.15) is 103 Å². The molecule has 0 bridgehead atoms. The summed E-state index contributed by atoms with van der Waals surface area (Å²) < 4.78 is 60.2. The van der Waals surface area contributed by atoms with Crippen molar-refractivity contribution >= 4 is 40.5 Å². The van der Waals surface area contributed by atoms with Gasteiger partial charge in [0, 0.05) is 87.2 Å². The molecule has 3 fully saturated rings. The van der Waals surface area contributed by atoms with Crippen LogP contribution in [0.15, 0.2) is 48.7 Å². The largest absolute Gasteiger partial charge is 0.468 e. The standard InChI is InChI=1S/C53H71F2N7O9/c1-11-61-45-15-14-35(36-21-34(22-37(24-36)48(54)55)23-44(57-51(66)71-52(4,5)6)49(64)62-16-12-13-43(58-62)50(65)68-10)25-40(45)42(27-53(7,8)31-70-33(3)63)47(61)41-26-38(28-56-46(41)32(2)67-9)60-18-17-59-19-20-69-30-39(59)29-60/h14-15,21-22,24-26,28,32,39,43-44,48,58H,11-13,16-20,23,27,29-31H2,1-10H3,(H,57,66)/t32-,39-,43-,44-/m0/s1. The quantitative estimate of drug-likeness (QED) is 0.0826. The van der Waals surface area contributed by atoms with Crippen LogP contribution in [0.5, 0.6) is 0 Å². The number of halogens is 2. The number of methoxy groups -OCH3 is 2. The second-order valence-corrected chi connectivity index (χ2v) is 20.6. The van der Waals surface area contributed by atoms with E-state index in [1.54, 1.807) is 33.9 Å². The summed E-state index contributed by atoms with van der Waals surface area (Å²) in [5.41, 5.74) is 8.14. The van der Waals surface area contributed by atoms with Crippen molar-refractivity contribution in [1.29, 1.82) is 0 Å². The average molecular weight is 988 g/mol. The molecule has 3 saturated heterocycles. The Morgan fingerprint density at radius 3 is 2.45 bits per heavy atom. The van der Waals surface area contributed by atoms with Gasteiger partial charge in [0.15, 0.2) is 0 Å². The van der Waals surface area contributed by atoms with E-state index in [0.29, 0.717) is 49.1 Å². The van der Waals surface area contributed by atoms with Crippen LogP contribution < -0.4 is 15.6 Å². The molecule has 386 valence electrons. The highest BCUT2D eigenvalue weighted by Gasteiger charge is 2.36. The van der Waals surface area contributed by atoms with Gasteiger partial charge in [-0.05, 0) is 100 Å². The molecule has 0 unspecified atom stereocenters. The number of ether oxygens (including phenoxy) is 5. The van der Waals surface area contributed by atoms with Crippen LogP contribution in [0.3, 0.4) is 0 Å². The van der Waals surface area contributed by atoms with E-state index in [0.717, 1.165) is 71.9 Å². The van der Waals surface area contributed by atoms with Crippen LogP contribution in [-0.4, -0.2) is 134 Å². The lowest BCUT2D eigenvalue weighted by molar-refractivity contribution is -0.150. The van der Waals surface area contributed by atoms with E-state index < -0.39 is 47.5 Å². The second kappa shape index (κ2) is 22.4. The third-order valence-electron chi connectivity index (χ3n) is 13.5. The number of nitrogens with one attached hydrogen (secondary N) is 2. The number of amides is 2. The molecular weight excluding hydrogens is 917 g/mol. The van der Waals surface area contributed by atoms with E-state index in [9.17, 15) is 28.0 Å². The molecule has 0 radical (unpaired) electrons. The average Bonchev–Trinajstić information content (AvgIpc) is 3.64. The maximum atomic E-state index is 15.0. The normalized spacial score (nSPS) is 18.8. The highest BCUT2D eigenvalue weighted by Crippen LogP contribution is 2.43. The summed E-state index contributed by atoms with van der Waals surface area (Å²) in [5, 5.41) is 4.84. The number of alkyl halides is 2. The van der Waals surface area contributed by atoms with Gasteiger partial charge in [0.05, 0.1) is 62.3 Å². The van der Waals surface area contributed by atoms with Crippen molar-refractivity contribution in [3.8, 4) is 22.4 Å². The van der Waals surface area contributed by atoms with Crippen molar-refractivity contribution in [3.05, 3.63) is 71.0 Å². The van der Waals surface area contributed by atoms with Crippen molar-refractivity contribution in [1.82, 2.24) is 30.2 Å². The number of benzene rings is 2. The number of piperazine rings is 1. The summed E-state index contributed by atoms with van der Waals surface area (Å²) in [6.45, 7) is 20.4. The molecule has 2 amide bonds. The number of hydrazine groups is 1. The summed E-state index contributed by atoms with van der Waals surface area (Å²) in [6, 6.07) is 10.9. The van der Waals surface area contributed by atoms with Gasteiger partial charge in [0.1, 0.15) is 17.7 Å². The molecule has 0 saturated carbocycles. The smallest absolute Gasteiger partial charge is 0.408 e. The van der Waals surface area contributed by atoms with Crippen LogP contribution in [0.2, 0.25) is 0 Å². The Morgan fingerprint density at radius 1 is 0.986 bits per heavy atom. The molecule has 71 heavy (non-hydrogen) atoms. The predicted molar refractivity (Wildman–Crippen MR) is 266 cm³/mol. The Hall–Kier alpha value is -5.69. The number of hydrogen-bond acceptors (Lipinski definition) is 13. The summed E-state index contributed by atoms with van der Waals surface area (Å²) in [7, 11) is 2.93. The van der Waals surface area contributed by atoms with Crippen LogP contribution >= 0.6 is 0 Å². The third-order valence-corrected chi connectivity index (χ3v) is 13.5. The number of aryl methyl sites for hydroxylation is 1. The second-order valence-electron chi connectivity index (χ2n) is 20.6. The zero-order chi connectivity index (χ0) is 51.4. The number of hydrogen-bond donors (Lipinski definition) is 2. The highest BCUT2D eigenvalue weighted by molar-refractivity contribution is 5.96.